The number of pyridine rings is 1. The Labute approximate surface area is 352 Å². The Morgan fingerprint density at radius 3 is 1.40 bits per heavy atom. The first kappa shape index (κ1) is 34.6. The second-order valence-electron chi connectivity index (χ2n) is 15.3. The van der Waals surface area contributed by atoms with E-state index in [9.17, 15) is 0 Å². The van der Waals surface area contributed by atoms with Crippen LogP contribution in [0.5, 0.6) is 0 Å². The molecule has 1 aliphatic heterocycles. The van der Waals surface area contributed by atoms with E-state index in [0.717, 1.165) is 27.6 Å². The van der Waals surface area contributed by atoms with Crippen molar-refractivity contribution >= 4 is 22.5 Å². The molecule has 4 nitrogen and oxygen atoms in total. The topological polar surface area (TPSA) is 51.6 Å². The minimum atomic E-state index is -0.523. The van der Waals surface area contributed by atoms with Crippen LogP contribution in [0.1, 0.15) is 22.3 Å². The summed E-state index contributed by atoms with van der Waals surface area (Å²) in [5, 5.41) is 2.33. The van der Waals surface area contributed by atoms with Crippen LogP contribution in [0.3, 0.4) is 0 Å². The van der Waals surface area contributed by atoms with Crippen molar-refractivity contribution in [3.63, 3.8) is 0 Å². The van der Waals surface area contributed by atoms with Crippen LogP contribution in [0.4, 0.5) is 0 Å². The predicted molar refractivity (Wildman–Crippen MR) is 244 cm³/mol. The van der Waals surface area contributed by atoms with Gasteiger partial charge in [-0.3, -0.25) is 4.98 Å². The molecule has 8 aromatic carbocycles. The predicted octanol–water partition coefficient (Wildman–Crippen LogP) is 13.6. The lowest BCUT2D eigenvalue weighted by molar-refractivity contribution is 0.724. The molecule has 60 heavy (non-hydrogen) atoms. The zero-order valence-corrected chi connectivity index (χ0v) is 33.1. The lowest BCUT2D eigenvalue weighted by atomic mass is 9.66. The Balaban J connectivity index is 1.06. The van der Waals surface area contributed by atoms with Crippen LogP contribution in [0.25, 0.3) is 78.3 Å². The van der Waals surface area contributed by atoms with Gasteiger partial charge in [0.2, 0.25) is 0 Å². The molecule has 12 rings (SSSR count). The highest BCUT2D eigenvalue weighted by Gasteiger charge is 2.51. The Bertz CT molecular complexity index is 3180. The quantitative estimate of drug-likeness (QED) is 0.174. The average molecular weight is 783 g/mol. The SMILES string of the molecule is c1ccc(-c2nc(-c3ccccc3)nc(-c3ccc(-c4cccc5c4Sc4c(-c6cccc7ccncc67)cccc4C54c5ccccc5-c5ccccc54)cc3)n2)cc1. The molecular formula is C55H34N4S. The van der Waals surface area contributed by atoms with E-state index in [4.69, 9.17) is 15.0 Å². The second kappa shape index (κ2) is 13.8. The van der Waals surface area contributed by atoms with Crippen LogP contribution < -0.4 is 0 Å². The largest absolute Gasteiger partial charge is 0.264 e. The number of benzene rings is 8. The van der Waals surface area contributed by atoms with Crippen molar-refractivity contribution in [2.75, 3.05) is 0 Å². The number of fused-ring (bicyclic) bond motifs is 10. The molecule has 280 valence electrons. The lowest BCUT2D eigenvalue weighted by Crippen LogP contribution is -2.32. The van der Waals surface area contributed by atoms with Gasteiger partial charge in [0.05, 0.1) is 5.41 Å². The fraction of sp³-hybridized carbons (Fsp3) is 0.0182. The van der Waals surface area contributed by atoms with Crippen LogP contribution in [0.2, 0.25) is 0 Å². The van der Waals surface area contributed by atoms with Crippen LogP contribution in [0, 0.1) is 0 Å². The highest BCUT2D eigenvalue weighted by molar-refractivity contribution is 7.99. The van der Waals surface area contributed by atoms with Gasteiger partial charge < -0.3 is 0 Å². The van der Waals surface area contributed by atoms with Crippen LogP contribution in [0.15, 0.2) is 216 Å². The maximum atomic E-state index is 5.02. The van der Waals surface area contributed by atoms with Crippen molar-refractivity contribution in [1.29, 1.82) is 0 Å². The molecule has 1 spiro atoms. The van der Waals surface area contributed by atoms with Gasteiger partial charge in [0, 0.05) is 44.3 Å². The van der Waals surface area contributed by atoms with E-state index in [1.54, 1.807) is 0 Å². The summed E-state index contributed by atoms with van der Waals surface area (Å²) in [4.78, 5) is 22.1. The number of hydrogen-bond donors (Lipinski definition) is 0. The molecule has 1 aliphatic carbocycles. The summed E-state index contributed by atoms with van der Waals surface area (Å²) in [6.45, 7) is 0. The first-order chi connectivity index (χ1) is 29.8. The molecular weight excluding hydrogens is 749 g/mol. The molecule has 0 amide bonds. The highest BCUT2D eigenvalue weighted by Crippen LogP contribution is 2.64. The van der Waals surface area contributed by atoms with Crippen molar-refractivity contribution in [1.82, 2.24) is 19.9 Å². The normalized spacial score (nSPS) is 13.1. The lowest BCUT2D eigenvalue weighted by Gasteiger charge is -2.41. The van der Waals surface area contributed by atoms with Gasteiger partial charge in [0.1, 0.15) is 0 Å². The molecule has 10 aromatic rings. The zero-order valence-electron chi connectivity index (χ0n) is 32.3. The summed E-state index contributed by atoms with van der Waals surface area (Å²) < 4.78 is 0. The van der Waals surface area contributed by atoms with Crippen LogP contribution in [-0.2, 0) is 5.41 Å². The molecule has 0 saturated heterocycles. The van der Waals surface area contributed by atoms with Gasteiger partial charge in [-0.1, -0.05) is 200 Å². The molecule has 0 radical (unpaired) electrons. The minimum Gasteiger partial charge on any atom is -0.264 e. The summed E-state index contributed by atoms with van der Waals surface area (Å²) in [5.41, 5.74) is 14.8. The number of hydrogen-bond acceptors (Lipinski definition) is 5. The zero-order chi connectivity index (χ0) is 39.6. The van der Waals surface area contributed by atoms with Gasteiger partial charge in [0.15, 0.2) is 17.5 Å². The summed E-state index contributed by atoms with van der Waals surface area (Å²) >= 11 is 1.89. The minimum absolute atomic E-state index is 0.523. The van der Waals surface area contributed by atoms with Gasteiger partial charge in [-0.2, -0.15) is 0 Å². The van der Waals surface area contributed by atoms with Gasteiger partial charge in [-0.25, -0.2) is 15.0 Å². The summed E-state index contributed by atoms with van der Waals surface area (Å²) in [7, 11) is 0. The Morgan fingerprint density at radius 2 is 0.783 bits per heavy atom. The molecule has 0 atom stereocenters. The molecule has 0 unspecified atom stereocenters. The third-order valence-corrected chi connectivity index (χ3v) is 13.4. The number of aromatic nitrogens is 4. The first-order valence-corrected chi connectivity index (χ1v) is 21.0. The fourth-order valence-electron chi connectivity index (χ4n) is 9.47. The standard InChI is InChI=1S/C55H34N4S/c1-3-14-37(15-4-1)52-57-53(38-16-5-2-6-17-38)59-54(58-52)39-30-28-36(29-31-39)40-21-12-26-48-50(40)60-51-44(41-22-11-18-35-32-33-56-34-45(35)41)23-13-27-49(51)55(48)46-24-9-7-19-42(46)43-20-8-10-25-47(43)55/h1-34H. The highest BCUT2D eigenvalue weighted by atomic mass is 32.2. The molecule has 5 heteroatoms. The van der Waals surface area contributed by atoms with E-state index in [1.807, 2.05) is 84.8 Å². The Hall–Kier alpha value is -7.47. The van der Waals surface area contributed by atoms with E-state index in [1.165, 1.54) is 65.2 Å². The van der Waals surface area contributed by atoms with Crippen molar-refractivity contribution < 1.29 is 0 Å². The first-order valence-electron chi connectivity index (χ1n) is 20.2. The van der Waals surface area contributed by atoms with Crippen molar-refractivity contribution in [3.8, 4) is 67.5 Å². The van der Waals surface area contributed by atoms with E-state index in [-0.39, 0.29) is 0 Å². The Morgan fingerprint density at radius 1 is 0.333 bits per heavy atom. The smallest absolute Gasteiger partial charge is 0.164 e. The van der Waals surface area contributed by atoms with E-state index >= 15 is 0 Å². The van der Waals surface area contributed by atoms with Gasteiger partial charge in [0.25, 0.3) is 0 Å². The van der Waals surface area contributed by atoms with Crippen molar-refractivity contribution in [2.24, 2.45) is 0 Å². The maximum Gasteiger partial charge on any atom is 0.164 e. The van der Waals surface area contributed by atoms with Gasteiger partial charge in [-0.05, 0) is 67.1 Å². The third-order valence-electron chi connectivity index (χ3n) is 12.1. The maximum absolute atomic E-state index is 5.02. The fourth-order valence-corrected chi connectivity index (χ4v) is 10.9. The van der Waals surface area contributed by atoms with Gasteiger partial charge in [-0.15, -0.1) is 0 Å². The molecule has 0 bridgehead atoms. The van der Waals surface area contributed by atoms with Gasteiger partial charge >= 0.3 is 0 Å². The molecule has 0 saturated carbocycles. The summed E-state index contributed by atoms with van der Waals surface area (Å²) in [6, 6.07) is 69.5. The molecule has 3 heterocycles. The molecule has 0 N–H and O–H groups in total. The third kappa shape index (κ3) is 5.26. The average Bonchev–Trinajstić information content (AvgIpc) is 3.62. The van der Waals surface area contributed by atoms with Crippen molar-refractivity contribution in [3.05, 3.63) is 229 Å². The van der Waals surface area contributed by atoms with E-state index in [2.05, 4.69) is 138 Å². The molecule has 2 aromatic heterocycles. The van der Waals surface area contributed by atoms with E-state index in [0.29, 0.717) is 17.5 Å². The monoisotopic (exact) mass is 782 g/mol. The summed E-state index contributed by atoms with van der Waals surface area (Å²) in [5.74, 6) is 1.94. The Kier molecular flexibility index (Phi) is 7.97. The van der Waals surface area contributed by atoms with E-state index < -0.39 is 5.41 Å². The summed E-state index contributed by atoms with van der Waals surface area (Å²) in [6.07, 6.45) is 3.88. The molecule has 2 aliphatic rings. The van der Waals surface area contributed by atoms with Crippen LogP contribution >= 0.6 is 11.8 Å². The molecule has 0 fully saturated rings. The number of rotatable bonds is 5. The number of nitrogens with zero attached hydrogens (tertiary/aromatic N) is 4. The van der Waals surface area contributed by atoms with Crippen LogP contribution in [-0.4, -0.2) is 19.9 Å². The van der Waals surface area contributed by atoms with Crippen molar-refractivity contribution in [2.45, 2.75) is 15.2 Å². The second-order valence-corrected chi connectivity index (χ2v) is 16.3.